The molecular formula is C12H10ClN3O2S. The summed E-state index contributed by atoms with van der Waals surface area (Å²) in [7, 11) is 1.30. The van der Waals surface area contributed by atoms with E-state index in [9.17, 15) is 4.79 Å². The molecule has 98 valence electrons. The Morgan fingerprint density at radius 1 is 1.47 bits per heavy atom. The van der Waals surface area contributed by atoms with Crippen LogP contribution in [0, 0.1) is 0 Å². The first-order valence-electron chi connectivity index (χ1n) is 5.23. The third-order valence-corrected chi connectivity index (χ3v) is 3.74. The summed E-state index contributed by atoms with van der Waals surface area (Å²) in [4.78, 5) is 20.2. The number of anilines is 1. The summed E-state index contributed by atoms with van der Waals surface area (Å²) in [6.07, 6.45) is 3.03. The molecule has 0 unspecified atom stereocenters. The zero-order chi connectivity index (χ0) is 13.8. The van der Waals surface area contributed by atoms with Crippen LogP contribution in [0.1, 0.15) is 10.4 Å². The summed E-state index contributed by atoms with van der Waals surface area (Å²) in [6.45, 7) is 0. The molecule has 0 radical (unpaired) electrons. The Kier molecular flexibility index (Phi) is 4.24. The highest BCUT2D eigenvalue weighted by Crippen LogP contribution is 2.36. The number of nitrogens with two attached hydrogens (primary N) is 1. The molecule has 0 saturated carbocycles. The third kappa shape index (κ3) is 3.15. The van der Waals surface area contributed by atoms with Crippen molar-refractivity contribution >= 4 is 35.0 Å². The quantitative estimate of drug-likeness (QED) is 0.533. The van der Waals surface area contributed by atoms with E-state index < -0.39 is 5.97 Å². The number of nitrogens with zero attached hydrogens (tertiary/aromatic N) is 2. The van der Waals surface area contributed by atoms with E-state index in [2.05, 4.69) is 9.97 Å². The second kappa shape index (κ2) is 5.90. The van der Waals surface area contributed by atoms with Gasteiger partial charge in [0.15, 0.2) is 0 Å². The maximum Gasteiger partial charge on any atom is 0.339 e. The minimum Gasteiger partial charge on any atom is -0.465 e. The highest BCUT2D eigenvalue weighted by molar-refractivity contribution is 7.99. The van der Waals surface area contributed by atoms with Crippen LogP contribution in [0.2, 0.25) is 5.02 Å². The molecule has 0 bridgehead atoms. The van der Waals surface area contributed by atoms with Gasteiger partial charge in [-0.2, -0.15) is 0 Å². The molecule has 7 heteroatoms. The Labute approximate surface area is 119 Å². The van der Waals surface area contributed by atoms with E-state index in [-0.39, 0.29) is 0 Å². The molecule has 0 aliphatic rings. The fourth-order valence-electron chi connectivity index (χ4n) is 1.42. The van der Waals surface area contributed by atoms with Crippen LogP contribution in [0.4, 0.5) is 5.69 Å². The number of halogens is 1. The molecule has 0 saturated heterocycles. The lowest BCUT2D eigenvalue weighted by Crippen LogP contribution is -2.05. The molecule has 0 aliphatic carbocycles. The molecule has 2 rings (SSSR count). The molecule has 0 fully saturated rings. The van der Waals surface area contributed by atoms with Gasteiger partial charge in [-0.25, -0.2) is 14.8 Å². The molecule has 0 amide bonds. The van der Waals surface area contributed by atoms with Gasteiger partial charge in [0, 0.05) is 16.8 Å². The lowest BCUT2D eigenvalue weighted by atomic mass is 10.2. The number of carbonyl (C=O) groups is 1. The van der Waals surface area contributed by atoms with E-state index in [4.69, 9.17) is 22.1 Å². The van der Waals surface area contributed by atoms with E-state index in [1.165, 1.54) is 31.3 Å². The van der Waals surface area contributed by atoms with E-state index in [0.29, 0.717) is 26.2 Å². The number of esters is 1. The van der Waals surface area contributed by atoms with Gasteiger partial charge in [0.1, 0.15) is 11.4 Å². The molecule has 19 heavy (non-hydrogen) atoms. The predicted molar refractivity (Wildman–Crippen MR) is 73.4 cm³/mol. The number of hydrogen-bond acceptors (Lipinski definition) is 6. The van der Waals surface area contributed by atoms with Gasteiger partial charge in [0.25, 0.3) is 0 Å². The van der Waals surface area contributed by atoms with Crippen LogP contribution in [-0.2, 0) is 4.74 Å². The molecule has 1 aromatic heterocycles. The number of rotatable bonds is 3. The lowest BCUT2D eigenvalue weighted by Gasteiger charge is -2.10. The van der Waals surface area contributed by atoms with Crippen LogP contribution in [0.3, 0.4) is 0 Å². The first kappa shape index (κ1) is 13.6. The highest BCUT2D eigenvalue weighted by atomic mass is 35.5. The summed E-state index contributed by atoms with van der Waals surface area (Å²) < 4.78 is 4.73. The normalized spacial score (nSPS) is 10.2. The van der Waals surface area contributed by atoms with Gasteiger partial charge in [0.05, 0.1) is 17.7 Å². The zero-order valence-corrected chi connectivity index (χ0v) is 11.5. The monoisotopic (exact) mass is 295 g/mol. The number of nitrogen functional groups attached to an aromatic ring is 1. The molecule has 0 atom stereocenters. The largest absolute Gasteiger partial charge is 0.465 e. The number of carbonyl (C=O) groups excluding carboxylic acids is 1. The number of methoxy groups -OCH3 is 1. The number of hydrogen-bond donors (Lipinski definition) is 1. The third-order valence-electron chi connectivity index (χ3n) is 2.23. The number of benzene rings is 1. The molecular weight excluding hydrogens is 286 g/mol. The average molecular weight is 296 g/mol. The molecule has 1 heterocycles. The van der Waals surface area contributed by atoms with Crippen molar-refractivity contribution in [3.63, 3.8) is 0 Å². The van der Waals surface area contributed by atoms with Crippen LogP contribution in [0.25, 0.3) is 0 Å². The van der Waals surface area contributed by atoms with Crippen LogP contribution in [0.15, 0.2) is 40.6 Å². The van der Waals surface area contributed by atoms with Crippen molar-refractivity contribution in [3.05, 3.63) is 41.3 Å². The Morgan fingerprint density at radius 3 is 2.89 bits per heavy atom. The van der Waals surface area contributed by atoms with Crippen molar-refractivity contribution < 1.29 is 9.53 Å². The van der Waals surface area contributed by atoms with Crippen LogP contribution in [-0.4, -0.2) is 23.0 Å². The van der Waals surface area contributed by atoms with Gasteiger partial charge in [-0.05, 0) is 18.2 Å². The molecule has 2 N–H and O–H groups in total. The summed E-state index contributed by atoms with van der Waals surface area (Å²) in [6, 6.07) is 4.83. The first-order chi connectivity index (χ1) is 9.11. The maximum absolute atomic E-state index is 11.7. The van der Waals surface area contributed by atoms with Crippen LogP contribution >= 0.6 is 23.4 Å². The van der Waals surface area contributed by atoms with E-state index in [1.54, 1.807) is 18.3 Å². The van der Waals surface area contributed by atoms with Gasteiger partial charge < -0.3 is 10.5 Å². The minimum absolute atomic E-state index is 0.316. The van der Waals surface area contributed by atoms with Crippen molar-refractivity contribution in [2.75, 3.05) is 12.8 Å². The van der Waals surface area contributed by atoms with Crippen molar-refractivity contribution in [1.29, 1.82) is 0 Å². The average Bonchev–Trinajstić information content (AvgIpc) is 2.42. The van der Waals surface area contributed by atoms with Gasteiger partial charge in [0.2, 0.25) is 0 Å². The van der Waals surface area contributed by atoms with Crippen LogP contribution < -0.4 is 5.73 Å². The van der Waals surface area contributed by atoms with E-state index >= 15 is 0 Å². The summed E-state index contributed by atoms with van der Waals surface area (Å²) in [5.74, 6) is -0.495. The van der Waals surface area contributed by atoms with Gasteiger partial charge in [-0.15, -0.1) is 0 Å². The second-order valence-corrected chi connectivity index (χ2v) is 4.96. The van der Waals surface area contributed by atoms with Crippen molar-refractivity contribution in [1.82, 2.24) is 9.97 Å². The zero-order valence-electron chi connectivity index (χ0n) is 9.96. The Balaban J connectivity index is 2.46. The van der Waals surface area contributed by atoms with Crippen molar-refractivity contribution in [2.45, 2.75) is 9.92 Å². The Bertz CT molecular complexity index is 607. The van der Waals surface area contributed by atoms with E-state index in [0.717, 1.165) is 0 Å². The predicted octanol–water partition coefficient (Wildman–Crippen LogP) is 2.65. The number of ether oxygens (including phenoxy) is 1. The Morgan fingerprint density at radius 2 is 2.26 bits per heavy atom. The second-order valence-electron chi connectivity index (χ2n) is 3.52. The molecule has 0 aliphatic heterocycles. The van der Waals surface area contributed by atoms with Crippen LogP contribution in [0.5, 0.6) is 0 Å². The molecule has 0 spiro atoms. The fraction of sp³-hybridized carbons (Fsp3) is 0.0833. The van der Waals surface area contributed by atoms with Gasteiger partial charge >= 0.3 is 5.97 Å². The molecule has 5 nitrogen and oxygen atoms in total. The standard InChI is InChI=1S/C12H10ClN3O2S/c1-18-12(17)8-4-7(14)5-9(13)11(8)19-10-2-3-15-6-16-10/h2-6H,14H2,1H3. The number of aromatic nitrogens is 2. The Hall–Kier alpha value is -1.79. The first-order valence-corrected chi connectivity index (χ1v) is 6.42. The van der Waals surface area contributed by atoms with Gasteiger partial charge in [-0.3, -0.25) is 0 Å². The van der Waals surface area contributed by atoms with Crippen molar-refractivity contribution in [2.24, 2.45) is 0 Å². The summed E-state index contributed by atoms with van der Waals surface area (Å²) in [5.41, 5.74) is 6.40. The SMILES string of the molecule is COC(=O)c1cc(N)cc(Cl)c1Sc1ccncn1. The molecule has 1 aromatic carbocycles. The lowest BCUT2D eigenvalue weighted by molar-refractivity contribution is 0.0597. The van der Waals surface area contributed by atoms with E-state index in [1.807, 2.05) is 0 Å². The summed E-state index contributed by atoms with van der Waals surface area (Å²) in [5, 5.41) is 1.05. The maximum atomic E-state index is 11.7. The summed E-state index contributed by atoms with van der Waals surface area (Å²) >= 11 is 7.39. The highest BCUT2D eigenvalue weighted by Gasteiger charge is 2.17. The molecule has 2 aromatic rings. The minimum atomic E-state index is -0.495. The van der Waals surface area contributed by atoms with Gasteiger partial charge in [-0.1, -0.05) is 23.4 Å². The van der Waals surface area contributed by atoms with Crippen molar-refractivity contribution in [3.8, 4) is 0 Å². The fourth-order valence-corrected chi connectivity index (χ4v) is 2.61. The smallest absolute Gasteiger partial charge is 0.339 e. The topological polar surface area (TPSA) is 78.1 Å².